The van der Waals surface area contributed by atoms with E-state index in [9.17, 15) is 8.42 Å². The lowest BCUT2D eigenvalue weighted by Crippen LogP contribution is -2.26. The number of hydrogen-bond donors (Lipinski definition) is 0. The molecule has 0 bridgehead atoms. The predicted octanol–water partition coefficient (Wildman–Crippen LogP) is 4.53. The number of rotatable bonds is 5. The molecule has 26 heavy (non-hydrogen) atoms. The molecule has 0 fully saturated rings. The van der Waals surface area contributed by atoms with Crippen molar-refractivity contribution in [3.63, 3.8) is 0 Å². The molecule has 3 rings (SSSR count). The first-order valence-corrected chi connectivity index (χ1v) is 10.4. The van der Waals surface area contributed by atoms with Crippen LogP contribution < -0.4 is 4.74 Å². The van der Waals surface area contributed by atoms with Crippen LogP contribution in [0.15, 0.2) is 41.3 Å². The van der Waals surface area contributed by atoms with Crippen LogP contribution in [0.4, 0.5) is 0 Å². The van der Waals surface area contributed by atoms with E-state index in [1.165, 1.54) is 11.1 Å². The van der Waals surface area contributed by atoms with Crippen molar-refractivity contribution in [3.05, 3.63) is 58.7 Å². The van der Waals surface area contributed by atoms with E-state index >= 15 is 0 Å². The maximum absolute atomic E-state index is 12.6. The predicted molar refractivity (Wildman–Crippen MR) is 102 cm³/mol. The Bertz CT molecular complexity index is 885. The highest BCUT2D eigenvalue weighted by molar-refractivity contribution is 7.86. The molecule has 1 unspecified atom stereocenters. The maximum Gasteiger partial charge on any atom is 0.297 e. The van der Waals surface area contributed by atoms with Gasteiger partial charge in [0.1, 0.15) is 5.75 Å². The van der Waals surface area contributed by atoms with E-state index in [2.05, 4.69) is 12.1 Å². The zero-order chi connectivity index (χ0) is 18.9. The van der Waals surface area contributed by atoms with Crippen LogP contribution in [-0.2, 0) is 20.7 Å². The fourth-order valence-electron chi connectivity index (χ4n) is 3.72. The molecule has 2 atom stereocenters. The third kappa shape index (κ3) is 3.79. The van der Waals surface area contributed by atoms with Crippen molar-refractivity contribution in [3.8, 4) is 5.75 Å². The summed E-state index contributed by atoms with van der Waals surface area (Å²) in [6, 6.07) is 11.0. The minimum absolute atomic E-state index is 0.0589. The highest BCUT2D eigenvalue weighted by atomic mass is 32.2. The van der Waals surface area contributed by atoms with Crippen LogP contribution >= 0.6 is 0 Å². The van der Waals surface area contributed by atoms with Crippen molar-refractivity contribution in [2.45, 2.75) is 57.0 Å². The molecule has 0 saturated carbocycles. The van der Waals surface area contributed by atoms with E-state index in [-0.39, 0.29) is 10.8 Å². The average molecular weight is 375 g/mol. The number of methoxy groups -OCH3 is 1. The molecule has 140 valence electrons. The highest BCUT2D eigenvalue weighted by Crippen LogP contribution is 2.39. The van der Waals surface area contributed by atoms with Gasteiger partial charge >= 0.3 is 0 Å². The van der Waals surface area contributed by atoms with Crippen LogP contribution in [0.5, 0.6) is 5.75 Å². The van der Waals surface area contributed by atoms with E-state index in [1.807, 2.05) is 20.8 Å². The van der Waals surface area contributed by atoms with Crippen molar-refractivity contribution in [1.29, 1.82) is 0 Å². The number of benzene rings is 2. The second-order valence-corrected chi connectivity index (χ2v) is 8.66. The summed E-state index contributed by atoms with van der Waals surface area (Å²) in [5, 5.41) is 0. The Morgan fingerprint density at radius 3 is 2.46 bits per heavy atom. The molecule has 0 heterocycles. The lowest BCUT2D eigenvalue weighted by Gasteiger charge is -2.30. The number of hydrogen-bond acceptors (Lipinski definition) is 4. The van der Waals surface area contributed by atoms with Crippen molar-refractivity contribution in [2.24, 2.45) is 0 Å². The van der Waals surface area contributed by atoms with Gasteiger partial charge in [-0.2, -0.15) is 8.42 Å². The Morgan fingerprint density at radius 2 is 1.81 bits per heavy atom. The van der Waals surface area contributed by atoms with Gasteiger partial charge in [-0.05, 0) is 74.9 Å². The molecule has 0 radical (unpaired) electrons. The summed E-state index contributed by atoms with van der Waals surface area (Å²) >= 11 is 0. The van der Waals surface area contributed by atoms with Crippen LogP contribution in [0.3, 0.4) is 0 Å². The second-order valence-electron chi connectivity index (χ2n) is 7.09. The van der Waals surface area contributed by atoms with E-state index in [4.69, 9.17) is 8.92 Å². The van der Waals surface area contributed by atoms with Crippen LogP contribution in [0.2, 0.25) is 0 Å². The normalized spacial score (nSPS) is 18.2. The largest absolute Gasteiger partial charge is 0.496 e. The molecule has 0 aromatic heterocycles. The first-order chi connectivity index (χ1) is 12.3. The minimum atomic E-state index is -3.78. The molecule has 0 amide bonds. The molecule has 0 N–H and O–H groups in total. The Kier molecular flexibility index (Phi) is 5.39. The molecule has 2 aromatic carbocycles. The standard InChI is InChI=1S/C21H26O4S/c1-14-8-10-18(11-9-14)26(22,23)25-16(3)19-7-5-6-17-13-21(24-4)15(2)12-20(17)19/h8-13,16,19H,5-7H2,1-4H3/t16?,19-/m0/s1. The van der Waals surface area contributed by atoms with Crippen LogP contribution in [-0.4, -0.2) is 21.6 Å². The van der Waals surface area contributed by atoms with E-state index < -0.39 is 16.2 Å². The summed E-state index contributed by atoms with van der Waals surface area (Å²) in [6.07, 6.45) is 2.50. The monoisotopic (exact) mass is 374 g/mol. The molecule has 1 aliphatic carbocycles. The van der Waals surface area contributed by atoms with E-state index in [0.29, 0.717) is 0 Å². The van der Waals surface area contributed by atoms with Crippen LogP contribution in [0.1, 0.15) is 47.9 Å². The molecule has 1 aliphatic rings. The van der Waals surface area contributed by atoms with Gasteiger partial charge in [-0.25, -0.2) is 0 Å². The van der Waals surface area contributed by atoms with Gasteiger partial charge in [-0.3, -0.25) is 4.18 Å². The summed E-state index contributed by atoms with van der Waals surface area (Å²) in [7, 11) is -2.10. The quantitative estimate of drug-likeness (QED) is 0.722. The summed E-state index contributed by atoms with van der Waals surface area (Å²) in [5.74, 6) is 0.939. The van der Waals surface area contributed by atoms with E-state index in [0.717, 1.165) is 36.1 Å². The van der Waals surface area contributed by atoms with Crippen molar-refractivity contribution >= 4 is 10.1 Å². The van der Waals surface area contributed by atoms with Crippen molar-refractivity contribution in [2.75, 3.05) is 7.11 Å². The Morgan fingerprint density at radius 1 is 1.12 bits per heavy atom. The average Bonchev–Trinajstić information content (AvgIpc) is 2.60. The Hall–Kier alpha value is -1.85. The van der Waals surface area contributed by atoms with Gasteiger partial charge in [0.05, 0.1) is 18.1 Å². The lowest BCUT2D eigenvalue weighted by atomic mass is 9.79. The molecule has 0 spiro atoms. The zero-order valence-electron chi connectivity index (χ0n) is 15.8. The molecular weight excluding hydrogens is 348 g/mol. The third-order valence-corrected chi connectivity index (χ3v) is 6.58. The smallest absolute Gasteiger partial charge is 0.297 e. The first-order valence-electron chi connectivity index (χ1n) is 8.99. The zero-order valence-corrected chi connectivity index (χ0v) is 16.6. The van der Waals surface area contributed by atoms with Crippen LogP contribution in [0, 0.1) is 13.8 Å². The second kappa shape index (κ2) is 7.41. The molecule has 0 saturated heterocycles. The van der Waals surface area contributed by atoms with Crippen LogP contribution in [0.25, 0.3) is 0 Å². The molecular formula is C21H26O4S. The lowest BCUT2D eigenvalue weighted by molar-refractivity contribution is 0.185. The third-order valence-electron chi connectivity index (χ3n) is 5.17. The van der Waals surface area contributed by atoms with E-state index in [1.54, 1.807) is 31.4 Å². The Labute approximate surface area is 156 Å². The van der Waals surface area contributed by atoms with Crippen molar-refractivity contribution < 1.29 is 17.3 Å². The number of fused-ring (bicyclic) bond motifs is 1. The summed E-state index contributed by atoms with van der Waals surface area (Å²) in [5.41, 5.74) is 4.49. The van der Waals surface area contributed by atoms with Gasteiger partial charge in [-0.1, -0.05) is 23.8 Å². The summed E-state index contributed by atoms with van der Waals surface area (Å²) in [6.45, 7) is 5.79. The molecule has 2 aromatic rings. The minimum Gasteiger partial charge on any atom is -0.496 e. The Balaban J connectivity index is 1.86. The topological polar surface area (TPSA) is 52.6 Å². The van der Waals surface area contributed by atoms with Gasteiger partial charge in [0, 0.05) is 5.92 Å². The molecule has 5 heteroatoms. The SMILES string of the molecule is COc1cc2c(cc1C)[C@H](C(C)OS(=O)(=O)c1ccc(C)cc1)CCC2. The fraction of sp³-hybridized carbons (Fsp3) is 0.429. The van der Waals surface area contributed by atoms with Gasteiger partial charge in [0.2, 0.25) is 0 Å². The fourth-order valence-corrected chi connectivity index (χ4v) is 4.83. The number of ether oxygens (including phenoxy) is 1. The van der Waals surface area contributed by atoms with Crippen molar-refractivity contribution in [1.82, 2.24) is 0 Å². The molecule has 4 nitrogen and oxygen atoms in total. The summed E-state index contributed by atoms with van der Waals surface area (Å²) in [4.78, 5) is 0.205. The first kappa shape index (κ1) is 18.9. The maximum atomic E-state index is 12.6. The number of aryl methyl sites for hydroxylation is 3. The van der Waals surface area contributed by atoms with Gasteiger partial charge in [0.25, 0.3) is 10.1 Å². The van der Waals surface area contributed by atoms with Gasteiger partial charge in [0.15, 0.2) is 0 Å². The summed E-state index contributed by atoms with van der Waals surface area (Å²) < 4.78 is 36.3. The van der Waals surface area contributed by atoms with Gasteiger partial charge < -0.3 is 4.74 Å². The molecule has 0 aliphatic heterocycles. The highest BCUT2D eigenvalue weighted by Gasteiger charge is 2.30. The van der Waals surface area contributed by atoms with Gasteiger partial charge in [-0.15, -0.1) is 0 Å².